The van der Waals surface area contributed by atoms with Crippen LogP contribution in [-0.4, -0.2) is 14.9 Å². The fourth-order valence-corrected chi connectivity index (χ4v) is 1.99. The van der Waals surface area contributed by atoms with Crippen molar-refractivity contribution in [1.29, 1.82) is 0 Å². The summed E-state index contributed by atoms with van der Waals surface area (Å²) in [5.41, 5.74) is 0.484. The van der Waals surface area contributed by atoms with Gasteiger partial charge in [-0.15, -0.1) is 0 Å². The number of benzene rings is 1. The molecule has 0 bridgehead atoms. The summed E-state index contributed by atoms with van der Waals surface area (Å²) >= 11 is 0. The van der Waals surface area contributed by atoms with Gasteiger partial charge in [-0.3, -0.25) is 4.68 Å². The Morgan fingerprint density at radius 2 is 2.10 bits per heavy atom. The minimum Gasteiger partial charge on any atom is -0.388 e. The second-order valence-corrected chi connectivity index (χ2v) is 4.70. The third kappa shape index (κ3) is 3.60. The number of hydrogen-bond donors (Lipinski definition) is 1. The molecule has 0 aliphatic carbocycles. The van der Waals surface area contributed by atoms with Crippen LogP contribution >= 0.6 is 0 Å². The van der Waals surface area contributed by atoms with Crippen molar-refractivity contribution in [2.45, 2.75) is 25.1 Å². The fourth-order valence-electron chi connectivity index (χ4n) is 1.99. The first-order chi connectivity index (χ1) is 9.36. The summed E-state index contributed by atoms with van der Waals surface area (Å²) in [6.45, 7) is 0. The van der Waals surface area contributed by atoms with Crippen molar-refractivity contribution in [1.82, 2.24) is 9.78 Å². The monoisotopic (exact) mass is 284 g/mol. The highest BCUT2D eigenvalue weighted by Gasteiger charge is 2.30. The molecule has 6 heteroatoms. The minimum absolute atomic E-state index is 0.281. The molecule has 1 unspecified atom stereocenters. The van der Waals surface area contributed by atoms with E-state index < -0.39 is 17.8 Å². The lowest BCUT2D eigenvalue weighted by Gasteiger charge is -2.13. The normalized spacial score (nSPS) is 13.4. The Hall–Kier alpha value is -1.82. The first kappa shape index (κ1) is 14.6. The van der Waals surface area contributed by atoms with Gasteiger partial charge in [0.2, 0.25) is 0 Å². The molecular weight excluding hydrogens is 269 g/mol. The molecule has 3 nitrogen and oxygen atoms in total. The summed E-state index contributed by atoms with van der Waals surface area (Å²) in [6.07, 6.45) is -0.896. The molecule has 0 radical (unpaired) electrons. The number of hydrogen-bond acceptors (Lipinski definition) is 2. The van der Waals surface area contributed by atoms with Crippen LogP contribution in [-0.2, 0) is 19.6 Å². The van der Waals surface area contributed by atoms with Gasteiger partial charge in [0.05, 0.1) is 17.9 Å². The van der Waals surface area contributed by atoms with Gasteiger partial charge >= 0.3 is 6.18 Å². The van der Waals surface area contributed by atoms with Crippen molar-refractivity contribution in [3.05, 3.63) is 53.3 Å². The van der Waals surface area contributed by atoms with Crippen LogP contribution in [0, 0.1) is 0 Å². The van der Waals surface area contributed by atoms with Gasteiger partial charge in [0.25, 0.3) is 0 Å². The Labute approximate surface area is 114 Å². The van der Waals surface area contributed by atoms with Gasteiger partial charge < -0.3 is 5.11 Å². The molecule has 0 aliphatic rings. The highest BCUT2D eigenvalue weighted by molar-refractivity contribution is 5.27. The molecule has 1 heterocycles. The zero-order valence-electron chi connectivity index (χ0n) is 10.9. The first-order valence-corrected chi connectivity index (χ1v) is 6.19. The van der Waals surface area contributed by atoms with E-state index in [9.17, 15) is 18.3 Å². The van der Waals surface area contributed by atoms with Crippen LogP contribution in [0.2, 0.25) is 0 Å². The molecule has 1 N–H and O–H groups in total. The zero-order valence-corrected chi connectivity index (χ0v) is 10.9. The lowest BCUT2D eigenvalue weighted by atomic mass is 10.0. The Bertz CT molecular complexity index is 578. The molecule has 108 valence electrons. The predicted molar refractivity (Wildman–Crippen MR) is 67.9 cm³/mol. The smallest absolute Gasteiger partial charge is 0.388 e. The fraction of sp³-hybridized carbons (Fsp3) is 0.357. The molecule has 0 saturated heterocycles. The van der Waals surface area contributed by atoms with Gasteiger partial charge in [0, 0.05) is 13.2 Å². The van der Waals surface area contributed by atoms with Crippen molar-refractivity contribution < 1.29 is 18.3 Å². The van der Waals surface area contributed by atoms with Gasteiger partial charge in [-0.25, -0.2) is 0 Å². The quantitative estimate of drug-likeness (QED) is 0.936. The van der Waals surface area contributed by atoms with Crippen molar-refractivity contribution in [3.63, 3.8) is 0 Å². The molecule has 0 spiro atoms. The molecule has 0 saturated carbocycles. The standard InChI is InChI=1S/C14H15F3N2O/c1-19-9-10(8-18-19)5-6-13(20)11-3-2-4-12(7-11)14(15,16)17/h2-4,7-9,13,20H,5-6H2,1H3. The number of alkyl halides is 3. The van der Waals surface area contributed by atoms with Crippen LogP contribution in [0.25, 0.3) is 0 Å². The molecule has 0 amide bonds. The summed E-state index contributed by atoms with van der Waals surface area (Å²) in [5, 5.41) is 14.0. The highest BCUT2D eigenvalue weighted by Crippen LogP contribution is 2.31. The van der Waals surface area contributed by atoms with E-state index in [1.54, 1.807) is 17.9 Å². The molecular formula is C14H15F3N2O. The molecule has 1 aromatic carbocycles. The summed E-state index contributed by atoms with van der Waals surface area (Å²) in [6, 6.07) is 4.81. The number of aliphatic hydroxyl groups is 1. The third-order valence-corrected chi connectivity index (χ3v) is 3.06. The Morgan fingerprint density at radius 1 is 1.35 bits per heavy atom. The average Bonchev–Trinajstić information content (AvgIpc) is 2.81. The molecule has 2 aromatic rings. The van der Waals surface area contributed by atoms with Crippen molar-refractivity contribution in [2.75, 3.05) is 0 Å². The Kier molecular flexibility index (Phi) is 4.13. The number of rotatable bonds is 4. The molecule has 2 rings (SSSR count). The lowest BCUT2D eigenvalue weighted by Crippen LogP contribution is -2.07. The van der Waals surface area contributed by atoms with Crippen molar-refractivity contribution in [2.24, 2.45) is 7.05 Å². The molecule has 20 heavy (non-hydrogen) atoms. The van der Waals surface area contributed by atoms with E-state index in [0.717, 1.165) is 17.7 Å². The summed E-state index contributed by atoms with van der Waals surface area (Å²) in [7, 11) is 1.78. The number of halogens is 3. The lowest BCUT2D eigenvalue weighted by molar-refractivity contribution is -0.137. The average molecular weight is 284 g/mol. The third-order valence-electron chi connectivity index (χ3n) is 3.06. The first-order valence-electron chi connectivity index (χ1n) is 6.19. The van der Waals surface area contributed by atoms with Gasteiger partial charge in [-0.1, -0.05) is 12.1 Å². The van der Waals surface area contributed by atoms with E-state index in [1.165, 1.54) is 12.1 Å². The molecule has 1 atom stereocenters. The minimum atomic E-state index is -4.39. The van der Waals surface area contributed by atoms with Crippen LogP contribution in [0.1, 0.15) is 29.2 Å². The van der Waals surface area contributed by atoms with Crippen molar-refractivity contribution in [3.8, 4) is 0 Å². The van der Waals surface area contributed by atoms with E-state index in [2.05, 4.69) is 5.10 Å². The maximum Gasteiger partial charge on any atom is 0.416 e. The summed E-state index contributed by atoms with van der Waals surface area (Å²) in [5.74, 6) is 0. The number of nitrogens with zero attached hydrogens (tertiary/aromatic N) is 2. The maximum atomic E-state index is 12.6. The second-order valence-electron chi connectivity index (χ2n) is 4.70. The molecule has 1 aromatic heterocycles. The maximum absolute atomic E-state index is 12.6. The van der Waals surface area contributed by atoms with Gasteiger partial charge in [0.15, 0.2) is 0 Å². The van der Waals surface area contributed by atoms with Crippen LogP contribution in [0.15, 0.2) is 36.7 Å². The van der Waals surface area contributed by atoms with Gasteiger partial charge in [-0.05, 0) is 36.1 Å². The molecule has 0 aliphatic heterocycles. The number of aryl methyl sites for hydroxylation is 2. The van der Waals surface area contributed by atoms with E-state index >= 15 is 0 Å². The second kappa shape index (κ2) is 5.66. The zero-order chi connectivity index (χ0) is 14.8. The van der Waals surface area contributed by atoms with E-state index in [-0.39, 0.29) is 5.56 Å². The van der Waals surface area contributed by atoms with E-state index in [0.29, 0.717) is 12.8 Å². The SMILES string of the molecule is Cn1cc(CCC(O)c2cccc(C(F)(F)F)c2)cn1. The molecule has 0 fully saturated rings. The predicted octanol–water partition coefficient (Wildman–Crippen LogP) is 3.11. The summed E-state index contributed by atoms with van der Waals surface area (Å²) in [4.78, 5) is 0. The van der Waals surface area contributed by atoms with Crippen molar-refractivity contribution >= 4 is 0 Å². The highest BCUT2D eigenvalue weighted by atomic mass is 19.4. The van der Waals surface area contributed by atoms with E-state index in [4.69, 9.17) is 0 Å². The van der Waals surface area contributed by atoms with E-state index in [1.807, 2.05) is 6.20 Å². The van der Waals surface area contributed by atoms with Gasteiger partial charge in [-0.2, -0.15) is 18.3 Å². The van der Waals surface area contributed by atoms with Crippen LogP contribution < -0.4 is 0 Å². The van der Waals surface area contributed by atoms with Crippen LogP contribution in [0.3, 0.4) is 0 Å². The topological polar surface area (TPSA) is 38.0 Å². The van der Waals surface area contributed by atoms with Crippen LogP contribution in [0.4, 0.5) is 13.2 Å². The largest absolute Gasteiger partial charge is 0.416 e. The Balaban J connectivity index is 2.03. The van der Waals surface area contributed by atoms with Crippen LogP contribution in [0.5, 0.6) is 0 Å². The summed E-state index contributed by atoms with van der Waals surface area (Å²) < 4.78 is 39.4. The number of aliphatic hydroxyl groups excluding tert-OH is 1. The number of aromatic nitrogens is 2. The Morgan fingerprint density at radius 3 is 2.70 bits per heavy atom. The van der Waals surface area contributed by atoms with Gasteiger partial charge in [0.1, 0.15) is 0 Å².